The smallest absolute Gasteiger partial charge is 0.255 e. The van der Waals surface area contributed by atoms with E-state index in [1.54, 1.807) is 6.07 Å². The number of aliphatic hydroxyl groups excluding tert-OH is 1. The van der Waals surface area contributed by atoms with Gasteiger partial charge in [-0.3, -0.25) is 9.78 Å². The SMILES string of the molecule is COc1cnccc1C(=O)N[C@H]1c2ccccc2C[C@H]1O. The van der Waals surface area contributed by atoms with Gasteiger partial charge in [-0.25, -0.2) is 0 Å². The minimum atomic E-state index is -0.612. The number of rotatable bonds is 3. The number of pyridine rings is 1. The number of ether oxygens (including phenoxy) is 1. The van der Waals surface area contributed by atoms with Gasteiger partial charge in [-0.2, -0.15) is 0 Å². The van der Waals surface area contributed by atoms with Crippen molar-refractivity contribution in [1.29, 1.82) is 0 Å². The summed E-state index contributed by atoms with van der Waals surface area (Å²) in [4.78, 5) is 16.3. The molecule has 0 radical (unpaired) electrons. The molecule has 0 aliphatic heterocycles. The highest BCUT2D eigenvalue weighted by Crippen LogP contribution is 2.31. The Morgan fingerprint density at radius 3 is 3.00 bits per heavy atom. The molecule has 1 aliphatic carbocycles. The van der Waals surface area contributed by atoms with Crippen LogP contribution in [0.3, 0.4) is 0 Å². The molecule has 1 aromatic heterocycles. The molecule has 2 aromatic rings. The summed E-state index contributed by atoms with van der Waals surface area (Å²) in [6.45, 7) is 0. The lowest BCUT2D eigenvalue weighted by Crippen LogP contribution is -2.34. The second-order valence-electron chi connectivity index (χ2n) is 5.00. The number of hydrogen-bond donors (Lipinski definition) is 2. The standard InChI is InChI=1S/C16H16N2O3/c1-21-14-9-17-7-6-12(14)16(20)18-15-11-5-3-2-4-10(11)8-13(15)19/h2-7,9,13,15,19H,8H2,1H3,(H,18,20)/t13-,15+/m1/s1. The van der Waals surface area contributed by atoms with E-state index in [9.17, 15) is 9.90 Å². The summed E-state index contributed by atoms with van der Waals surface area (Å²) in [5, 5.41) is 13.1. The summed E-state index contributed by atoms with van der Waals surface area (Å²) in [6.07, 6.45) is 2.97. The normalized spacial score (nSPS) is 19.9. The van der Waals surface area contributed by atoms with Crippen molar-refractivity contribution in [2.24, 2.45) is 0 Å². The first-order chi connectivity index (χ1) is 10.2. The molecule has 2 atom stereocenters. The molecular formula is C16H16N2O3. The highest BCUT2D eigenvalue weighted by Gasteiger charge is 2.32. The van der Waals surface area contributed by atoms with E-state index in [0.717, 1.165) is 11.1 Å². The maximum atomic E-state index is 12.4. The van der Waals surface area contributed by atoms with Gasteiger partial charge in [0.1, 0.15) is 5.75 Å². The number of hydrogen-bond acceptors (Lipinski definition) is 4. The zero-order chi connectivity index (χ0) is 14.8. The minimum absolute atomic E-state index is 0.282. The zero-order valence-corrected chi connectivity index (χ0v) is 11.6. The lowest BCUT2D eigenvalue weighted by Gasteiger charge is -2.18. The van der Waals surface area contributed by atoms with Gasteiger partial charge in [0, 0.05) is 12.6 Å². The van der Waals surface area contributed by atoms with E-state index in [1.807, 2.05) is 24.3 Å². The van der Waals surface area contributed by atoms with E-state index in [0.29, 0.717) is 17.7 Å². The molecular weight excluding hydrogens is 268 g/mol. The van der Waals surface area contributed by atoms with Crippen molar-refractivity contribution >= 4 is 5.91 Å². The van der Waals surface area contributed by atoms with E-state index >= 15 is 0 Å². The first kappa shape index (κ1) is 13.6. The second-order valence-corrected chi connectivity index (χ2v) is 5.00. The van der Waals surface area contributed by atoms with Crippen LogP contribution >= 0.6 is 0 Å². The van der Waals surface area contributed by atoms with Gasteiger partial charge < -0.3 is 15.2 Å². The van der Waals surface area contributed by atoms with Crippen molar-refractivity contribution in [2.45, 2.75) is 18.6 Å². The average Bonchev–Trinajstić information content (AvgIpc) is 2.83. The summed E-state index contributed by atoms with van der Waals surface area (Å²) in [5.41, 5.74) is 2.44. The molecule has 0 saturated heterocycles. The third kappa shape index (κ3) is 2.48. The third-order valence-corrected chi connectivity index (χ3v) is 3.74. The molecule has 5 heteroatoms. The van der Waals surface area contributed by atoms with Crippen LogP contribution in [0, 0.1) is 0 Å². The third-order valence-electron chi connectivity index (χ3n) is 3.74. The molecule has 0 saturated carbocycles. The molecule has 1 aromatic carbocycles. The van der Waals surface area contributed by atoms with Crippen LogP contribution in [0.1, 0.15) is 27.5 Å². The van der Waals surface area contributed by atoms with Crippen LogP contribution in [0.4, 0.5) is 0 Å². The van der Waals surface area contributed by atoms with Crippen molar-refractivity contribution in [1.82, 2.24) is 10.3 Å². The lowest BCUT2D eigenvalue weighted by molar-refractivity contribution is 0.0855. The largest absolute Gasteiger partial charge is 0.494 e. The van der Waals surface area contributed by atoms with Gasteiger partial charge >= 0.3 is 0 Å². The Kier molecular flexibility index (Phi) is 3.58. The number of benzene rings is 1. The van der Waals surface area contributed by atoms with Crippen LogP contribution in [0.15, 0.2) is 42.7 Å². The van der Waals surface area contributed by atoms with E-state index in [2.05, 4.69) is 10.3 Å². The van der Waals surface area contributed by atoms with Crippen molar-refractivity contribution in [3.05, 3.63) is 59.4 Å². The van der Waals surface area contributed by atoms with Crippen LogP contribution in [0.5, 0.6) is 5.75 Å². The average molecular weight is 284 g/mol. The maximum absolute atomic E-state index is 12.4. The van der Waals surface area contributed by atoms with Gasteiger partial charge in [0.15, 0.2) is 0 Å². The van der Waals surface area contributed by atoms with Crippen LogP contribution in [0.25, 0.3) is 0 Å². The number of aliphatic hydroxyl groups is 1. The maximum Gasteiger partial charge on any atom is 0.255 e. The van der Waals surface area contributed by atoms with Gasteiger partial charge in [-0.15, -0.1) is 0 Å². The Morgan fingerprint density at radius 1 is 1.38 bits per heavy atom. The molecule has 3 rings (SSSR count). The number of aromatic nitrogens is 1. The number of amides is 1. The molecule has 0 spiro atoms. The minimum Gasteiger partial charge on any atom is -0.494 e. The van der Waals surface area contributed by atoms with Crippen LogP contribution in [0.2, 0.25) is 0 Å². The predicted octanol–water partition coefficient (Wildman–Crippen LogP) is 1.48. The zero-order valence-electron chi connectivity index (χ0n) is 11.6. The quantitative estimate of drug-likeness (QED) is 0.895. The van der Waals surface area contributed by atoms with Gasteiger partial charge in [0.05, 0.1) is 31.0 Å². The van der Waals surface area contributed by atoms with Crippen LogP contribution in [-0.4, -0.2) is 29.2 Å². The summed E-state index contributed by atoms with van der Waals surface area (Å²) < 4.78 is 5.14. The molecule has 2 N–H and O–H groups in total. The Labute approximate surface area is 122 Å². The first-order valence-electron chi connectivity index (χ1n) is 6.75. The van der Waals surface area contributed by atoms with Crippen molar-refractivity contribution in [2.75, 3.05) is 7.11 Å². The number of carbonyl (C=O) groups is 1. The Bertz CT molecular complexity index is 672. The van der Waals surface area contributed by atoms with Crippen molar-refractivity contribution in [3.63, 3.8) is 0 Å². The molecule has 0 fully saturated rings. The Morgan fingerprint density at radius 2 is 2.19 bits per heavy atom. The van der Waals surface area contributed by atoms with E-state index < -0.39 is 12.1 Å². The second kappa shape index (κ2) is 5.54. The van der Waals surface area contributed by atoms with E-state index in [4.69, 9.17) is 4.74 Å². The van der Waals surface area contributed by atoms with Crippen LogP contribution < -0.4 is 10.1 Å². The fourth-order valence-corrected chi connectivity index (χ4v) is 2.70. The number of nitrogens with zero attached hydrogens (tertiary/aromatic N) is 1. The molecule has 108 valence electrons. The number of fused-ring (bicyclic) bond motifs is 1. The molecule has 5 nitrogen and oxygen atoms in total. The highest BCUT2D eigenvalue weighted by atomic mass is 16.5. The monoisotopic (exact) mass is 284 g/mol. The summed E-state index contributed by atoms with van der Waals surface area (Å²) in [5.74, 6) is 0.130. The van der Waals surface area contributed by atoms with E-state index in [-0.39, 0.29) is 5.91 Å². The molecule has 1 amide bonds. The van der Waals surface area contributed by atoms with Gasteiger partial charge in [0.2, 0.25) is 0 Å². The molecule has 0 bridgehead atoms. The van der Waals surface area contributed by atoms with Gasteiger partial charge in [-0.1, -0.05) is 24.3 Å². The predicted molar refractivity (Wildman–Crippen MR) is 77.1 cm³/mol. The van der Waals surface area contributed by atoms with Crippen LogP contribution in [-0.2, 0) is 6.42 Å². The lowest BCUT2D eigenvalue weighted by atomic mass is 10.1. The number of carbonyl (C=O) groups excluding carboxylic acids is 1. The van der Waals surface area contributed by atoms with Gasteiger partial charge in [-0.05, 0) is 17.2 Å². The summed E-state index contributed by atoms with van der Waals surface area (Å²) >= 11 is 0. The van der Waals surface area contributed by atoms with Crippen molar-refractivity contribution < 1.29 is 14.6 Å². The molecule has 1 aliphatic rings. The fourth-order valence-electron chi connectivity index (χ4n) is 2.70. The van der Waals surface area contributed by atoms with Gasteiger partial charge in [0.25, 0.3) is 5.91 Å². The number of nitrogens with one attached hydrogen (secondary N) is 1. The molecule has 0 unspecified atom stereocenters. The van der Waals surface area contributed by atoms with Crippen molar-refractivity contribution in [3.8, 4) is 5.75 Å². The Hall–Kier alpha value is -2.40. The highest BCUT2D eigenvalue weighted by molar-refractivity contribution is 5.97. The Balaban J connectivity index is 1.85. The summed E-state index contributed by atoms with van der Waals surface area (Å²) in [7, 11) is 1.49. The molecule has 21 heavy (non-hydrogen) atoms. The fraction of sp³-hybridized carbons (Fsp3) is 0.250. The topological polar surface area (TPSA) is 71.5 Å². The first-order valence-corrected chi connectivity index (χ1v) is 6.75. The van der Waals surface area contributed by atoms with E-state index in [1.165, 1.54) is 19.5 Å². The molecule has 1 heterocycles. The number of methoxy groups -OCH3 is 1. The summed E-state index contributed by atoms with van der Waals surface area (Å²) in [6, 6.07) is 8.94.